The third kappa shape index (κ3) is 6.98. The van der Waals surface area contributed by atoms with E-state index in [4.69, 9.17) is 4.74 Å². The Hall–Kier alpha value is -4.81. The summed E-state index contributed by atoms with van der Waals surface area (Å²) in [6, 6.07) is 21.1. The molecule has 4 aromatic carbocycles. The molecule has 0 spiro atoms. The van der Waals surface area contributed by atoms with Gasteiger partial charge in [-0.3, -0.25) is 13.9 Å². The van der Waals surface area contributed by atoms with Crippen molar-refractivity contribution in [2.24, 2.45) is 0 Å². The van der Waals surface area contributed by atoms with Gasteiger partial charge in [0.2, 0.25) is 15.9 Å². The highest BCUT2D eigenvalue weighted by Crippen LogP contribution is 2.50. The fourth-order valence-electron chi connectivity index (χ4n) is 5.76. The fourth-order valence-corrected chi connectivity index (χ4v) is 6.68. The van der Waals surface area contributed by atoms with Crippen LogP contribution in [0.4, 0.5) is 14.5 Å². The van der Waals surface area contributed by atoms with Crippen LogP contribution in [0.1, 0.15) is 52.9 Å². The van der Waals surface area contributed by atoms with Crippen molar-refractivity contribution in [2.45, 2.75) is 31.4 Å². The summed E-state index contributed by atoms with van der Waals surface area (Å²) in [7, 11) is -2.44. The molecule has 2 unspecified atom stereocenters. The van der Waals surface area contributed by atoms with Crippen molar-refractivity contribution >= 4 is 27.5 Å². The monoisotopic (exact) mass is 663 g/mol. The summed E-state index contributed by atoms with van der Waals surface area (Å²) in [6.45, 7) is 2.83. The number of aliphatic hydroxyl groups excluding tert-OH is 1. The largest absolute Gasteiger partial charge is 0.484 e. The molecule has 0 saturated carbocycles. The van der Waals surface area contributed by atoms with Crippen molar-refractivity contribution < 1.29 is 36.6 Å². The summed E-state index contributed by atoms with van der Waals surface area (Å²) in [5.41, 5.74) is 2.09. The first-order chi connectivity index (χ1) is 22.2. The smallest absolute Gasteiger partial charge is 0.251 e. The number of halogens is 2. The Bertz CT molecular complexity index is 1910. The van der Waals surface area contributed by atoms with E-state index < -0.39 is 51.7 Å². The van der Waals surface area contributed by atoms with E-state index in [0.717, 1.165) is 10.6 Å². The van der Waals surface area contributed by atoms with Gasteiger partial charge in [0.1, 0.15) is 29.4 Å². The van der Waals surface area contributed by atoms with Crippen molar-refractivity contribution in [3.63, 3.8) is 0 Å². The van der Waals surface area contributed by atoms with Gasteiger partial charge in [-0.15, -0.1) is 0 Å². The number of fused-ring (bicyclic) bond motifs is 1. The minimum Gasteiger partial charge on any atom is -0.484 e. The van der Waals surface area contributed by atoms with Gasteiger partial charge >= 0.3 is 0 Å². The van der Waals surface area contributed by atoms with Gasteiger partial charge in [-0.25, -0.2) is 17.2 Å². The molecule has 0 bridgehead atoms. The van der Waals surface area contributed by atoms with Gasteiger partial charge in [-0.05, 0) is 73.0 Å². The van der Waals surface area contributed by atoms with Gasteiger partial charge in [0.05, 0.1) is 30.6 Å². The van der Waals surface area contributed by atoms with E-state index in [1.165, 1.54) is 49.5 Å². The van der Waals surface area contributed by atoms with E-state index >= 15 is 0 Å². The third-order valence-electron chi connectivity index (χ3n) is 8.15. The molecule has 12 heteroatoms. The maximum absolute atomic E-state index is 13.8. The molecular formula is C35H35F2N3O6S. The maximum atomic E-state index is 13.8. The lowest BCUT2D eigenvalue weighted by Crippen LogP contribution is -2.41. The van der Waals surface area contributed by atoms with Crippen molar-refractivity contribution in [3.05, 3.63) is 119 Å². The number of anilines is 1. The highest BCUT2D eigenvalue weighted by atomic mass is 32.2. The van der Waals surface area contributed by atoms with E-state index in [0.29, 0.717) is 27.8 Å². The zero-order valence-corrected chi connectivity index (χ0v) is 27.1. The van der Waals surface area contributed by atoms with Crippen LogP contribution in [0.25, 0.3) is 11.1 Å². The maximum Gasteiger partial charge on any atom is 0.251 e. The number of hydrogen-bond donors (Lipinski definition) is 3. The van der Waals surface area contributed by atoms with Crippen molar-refractivity contribution in [3.8, 4) is 16.9 Å². The number of nitrogens with one attached hydrogen (secondary N) is 2. The number of likely N-dealkylation sites (N-methyl/N-ethyl adjacent to an activating group) is 1. The van der Waals surface area contributed by atoms with Crippen LogP contribution in [0.5, 0.6) is 5.75 Å². The quantitative estimate of drug-likeness (QED) is 0.219. The van der Waals surface area contributed by atoms with Gasteiger partial charge in [0.15, 0.2) is 0 Å². The molecular weight excluding hydrogens is 628 g/mol. The van der Waals surface area contributed by atoms with Crippen LogP contribution in [0.2, 0.25) is 0 Å². The molecule has 1 heterocycles. The normalized spacial score (nSPS) is 15.8. The molecule has 0 aliphatic carbocycles. The van der Waals surface area contributed by atoms with Crippen LogP contribution in [-0.2, 0) is 20.4 Å². The van der Waals surface area contributed by atoms with E-state index in [9.17, 15) is 31.9 Å². The van der Waals surface area contributed by atoms with Gasteiger partial charge < -0.3 is 20.5 Å². The number of benzene rings is 4. The molecule has 5 rings (SSSR count). The second-order valence-electron chi connectivity index (χ2n) is 11.8. The number of carbonyl (C=O) groups excluding carboxylic acids is 2. The Labute approximate surface area is 272 Å². The highest BCUT2D eigenvalue weighted by Gasteiger charge is 2.41. The van der Waals surface area contributed by atoms with Crippen LogP contribution in [0.3, 0.4) is 0 Å². The lowest BCUT2D eigenvalue weighted by Gasteiger charge is -2.27. The van der Waals surface area contributed by atoms with Crippen LogP contribution in [0.15, 0.2) is 84.9 Å². The number of aliphatic hydroxyl groups is 1. The molecule has 0 radical (unpaired) electrons. The molecule has 0 aromatic heterocycles. The molecule has 246 valence electrons. The highest BCUT2D eigenvalue weighted by molar-refractivity contribution is 7.92. The minimum absolute atomic E-state index is 0.167. The van der Waals surface area contributed by atoms with Crippen molar-refractivity contribution in [1.29, 1.82) is 0 Å². The van der Waals surface area contributed by atoms with Gasteiger partial charge in [-0.1, -0.05) is 36.4 Å². The minimum atomic E-state index is -3.93. The van der Waals surface area contributed by atoms with Gasteiger partial charge in [0.25, 0.3) is 5.91 Å². The predicted molar refractivity (Wildman–Crippen MR) is 175 cm³/mol. The summed E-state index contributed by atoms with van der Waals surface area (Å²) in [5, 5.41) is 15.4. The number of sulfonamides is 1. The summed E-state index contributed by atoms with van der Waals surface area (Å²) in [6.07, 6.45) is 0.167. The summed E-state index contributed by atoms with van der Waals surface area (Å²) < 4.78 is 60.6. The Morgan fingerprint density at radius 3 is 2.19 bits per heavy atom. The average molecular weight is 664 g/mol. The second kappa shape index (κ2) is 13.1. The molecule has 4 aromatic rings. The van der Waals surface area contributed by atoms with E-state index in [-0.39, 0.29) is 29.5 Å². The molecule has 1 aliphatic heterocycles. The van der Waals surface area contributed by atoms with E-state index in [1.54, 1.807) is 56.3 Å². The number of carbonyl (C=O) groups is 2. The first kappa shape index (κ1) is 33.6. The first-order valence-electron chi connectivity index (χ1n) is 14.8. The SMILES string of the molecule is CNC(=O)C1c2cc(-c3cccc(C(=O)NC(C)(C)c4ccc(F)cc4)c3)c(N(CCO)S(C)(=O)=O)cc2OC1c1ccc(F)cc1. The van der Waals surface area contributed by atoms with Crippen molar-refractivity contribution in [1.82, 2.24) is 10.6 Å². The Morgan fingerprint density at radius 2 is 1.60 bits per heavy atom. The number of rotatable bonds is 10. The zero-order chi connectivity index (χ0) is 34.1. The summed E-state index contributed by atoms with van der Waals surface area (Å²) in [5.74, 6) is -2.28. The standard InChI is InChI=1S/C35H35F2N3O6S/c1-35(2,24-10-14-26(37)15-11-24)39-33(42)23-7-5-6-22(18-23)27-19-28-30(20-29(27)40(16-17-41)47(4,44)45)46-32(31(28)34(43)38-3)21-8-12-25(36)13-9-21/h5-15,18-20,31-32,41H,16-17H2,1-4H3,(H,38,43)(H,39,42). The van der Waals surface area contributed by atoms with Crippen molar-refractivity contribution in [2.75, 3.05) is 30.8 Å². The molecule has 3 N–H and O–H groups in total. The van der Waals surface area contributed by atoms with Crippen LogP contribution < -0.4 is 19.7 Å². The predicted octanol–water partition coefficient (Wildman–Crippen LogP) is 5.02. The topological polar surface area (TPSA) is 125 Å². The number of amides is 2. The van der Waals surface area contributed by atoms with Crippen LogP contribution in [0, 0.1) is 11.6 Å². The molecule has 2 amide bonds. The van der Waals surface area contributed by atoms with E-state index in [1.807, 2.05) is 0 Å². The second-order valence-corrected chi connectivity index (χ2v) is 13.7. The molecule has 0 fully saturated rings. The summed E-state index contributed by atoms with van der Waals surface area (Å²) >= 11 is 0. The van der Waals surface area contributed by atoms with Gasteiger partial charge in [0, 0.05) is 29.8 Å². The lowest BCUT2D eigenvalue weighted by atomic mass is 9.88. The summed E-state index contributed by atoms with van der Waals surface area (Å²) in [4.78, 5) is 26.8. The number of nitrogens with zero attached hydrogens (tertiary/aromatic N) is 1. The first-order valence-corrected chi connectivity index (χ1v) is 16.7. The molecule has 2 atom stereocenters. The molecule has 47 heavy (non-hydrogen) atoms. The average Bonchev–Trinajstić information content (AvgIpc) is 3.41. The lowest BCUT2D eigenvalue weighted by molar-refractivity contribution is -0.123. The van der Waals surface area contributed by atoms with Crippen LogP contribution >= 0.6 is 0 Å². The number of ether oxygens (including phenoxy) is 1. The Morgan fingerprint density at radius 1 is 0.957 bits per heavy atom. The van der Waals surface area contributed by atoms with Gasteiger partial charge in [-0.2, -0.15) is 0 Å². The third-order valence-corrected chi connectivity index (χ3v) is 9.33. The van der Waals surface area contributed by atoms with Crippen LogP contribution in [-0.4, -0.2) is 51.8 Å². The molecule has 0 saturated heterocycles. The van der Waals surface area contributed by atoms with E-state index in [2.05, 4.69) is 10.6 Å². The fraction of sp³-hybridized carbons (Fsp3) is 0.257. The molecule has 9 nitrogen and oxygen atoms in total. The Kier molecular flexibility index (Phi) is 9.37. The Balaban J connectivity index is 1.63. The number of hydrogen-bond acceptors (Lipinski definition) is 6. The zero-order valence-electron chi connectivity index (χ0n) is 26.3. The molecule has 1 aliphatic rings.